The first-order valence-corrected chi connectivity index (χ1v) is 7.34. The Labute approximate surface area is 131 Å². The maximum Gasteiger partial charge on any atom is 0.209 e. The summed E-state index contributed by atoms with van der Waals surface area (Å²) in [6.45, 7) is 1.80. The number of hydrogen-bond acceptors (Lipinski definition) is 5. The number of hydrogen-bond donors (Lipinski definition) is 1. The highest BCUT2D eigenvalue weighted by Crippen LogP contribution is 2.12. The second kappa shape index (κ2) is 8.52. The Bertz CT molecular complexity index is 490. The molecule has 1 aromatic carbocycles. The number of nitrogens with zero attached hydrogens (tertiary/aromatic N) is 4. The van der Waals surface area contributed by atoms with Gasteiger partial charge >= 0.3 is 0 Å². The zero-order chi connectivity index (χ0) is 12.8. The van der Waals surface area contributed by atoms with Crippen molar-refractivity contribution >= 4 is 27.7 Å². The minimum absolute atomic E-state index is 0. The summed E-state index contributed by atoms with van der Waals surface area (Å²) in [6, 6.07) is 8.32. The molecular weight excluding hydrogens is 350 g/mol. The van der Waals surface area contributed by atoms with E-state index in [1.165, 1.54) is 5.56 Å². The van der Waals surface area contributed by atoms with Gasteiger partial charge in [-0.2, -0.15) is 0 Å². The van der Waals surface area contributed by atoms with Crippen molar-refractivity contribution in [1.82, 2.24) is 25.5 Å². The lowest BCUT2D eigenvalue weighted by Gasteiger charge is -2.04. The molecule has 0 radical (unpaired) electrons. The van der Waals surface area contributed by atoms with Crippen LogP contribution in [0.1, 0.15) is 5.56 Å². The number of aromatic nitrogens is 4. The Balaban J connectivity index is 0.00000180. The number of rotatable bonds is 6. The summed E-state index contributed by atoms with van der Waals surface area (Å²) < 4.78 is 2.79. The first kappa shape index (κ1) is 16.4. The molecule has 1 heterocycles. The number of benzene rings is 1. The van der Waals surface area contributed by atoms with E-state index >= 15 is 0 Å². The van der Waals surface area contributed by atoms with Crippen LogP contribution >= 0.6 is 27.7 Å². The van der Waals surface area contributed by atoms with Crippen molar-refractivity contribution in [1.29, 1.82) is 0 Å². The van der Waals surface area contributed by atoms with Crippen molar-refractivity contribution in [2.45, 2.75) is 11.7 Å². The minimum Gasteiger partial charge on any atom is -1.00 e. The monoisotopic (exact) mass is 362 g/mol. The van der Waals surface area contributed by atoms with Gasteiger partial charge in [-0.05, 0) is 28.1 Å². The molecule has 0 aliphatic carbocycles. The lowest BCUT2D eigenvalue weighted by atomic mass is 10.2. The van der Waals surface area contributed by atoms with Gasteiger partial charge in [0, 0.05) is 30.4 Å². The van der Waals surface area contributed by atoms with Crippen molar-refractivity contribution in [3.8, 4) is 0 Å². The molecule has 5 nitrogen and oxygen atoms in total. The quantitative estimate of drug-likeness (QED) is 0.519. The number of nitrogens with one attached hydrogen (secondary N) is 1. The normalized spacial score (nSPS) is 10.2. The molecule has 19 heavy (non-hydrogen) atoms. The third-order valence-corrected chi connectivity index (χ3v) is 3.87. The molecule has 104 valence electrons. The lowest BCUT2D eigenvalue weighted by molar-refractivity contribution is -0.00000379. The Kier molecular flexibility index (Phi) is 7.37. The van der Waals surface area contributed by atoms with Crippen LogP contribution in [0.4, 0.5) is 0 Å². The van der Waals surface area contributed by atoms with Gasteiger partial charge in [-0.3, -0.25) is 0 Å². The third kappa shape index (κ3) is 5.48. The average Bonchev–Trinajstić information content (AvgIpc) is 2.77. The van der Waals surface area contributed by atoms with Crippen LogP contribution in [0.15, 0.2) is 33.9 Å². The van der Waals surface area contributed by atoms with Crippen LogP contribution in [0, 0.1) is 0 Å². The van der Waals surface area contributed by atoms with Crippen molar-refractivity contribution in [2.24, 2.45) is 7.05 Å². The summed E-state index contributed by atoms with van der Waals surface area (Å²) >= 11 is 5.07. The summed E-state index contributed by atoms with van der Waals surface area (Å²) in [6.07, 6.45) is 0. The van der Waals surface area contributed by atoms with Gasteiger partial charge in [0.25, 0.3) is 0 Å². The molecule has 1 N–H and O–H groups in total. The predicted octanol–water partition coefficient (Wildman–Crippen LogP) is -1.14. The Morgan fingerprint density at radius 1 is 1.32 bits per heavy atom. The lowest BCUT2D eigenvalue weighted by Crippen LogP contribution is -3.00. The number of halogens is 2. The molecule has 2 aromatic rings. The molecule has 0 amide bonds. The zero-order valence-electron chi connectivity index (χ0n) is 10.4. The standard InChI is InChI=1S/C11H14BrN5S.ClH/c1-17-11(14-15-16-17)18-7-6-13-8-9-2-4-10(12)5-3-9;/h2-5,13H,6-8H2,1H3;1H/p-1. The van der Waals surface area contributed by atoms with Gasteiger partial charge in [0.05, 0.1) is 0 Å². The Hall–Kier alpha value is -0.630. The van der Waals surface area contributed by atoms with E-state index < -0.39 is 0 Å². The summed E-state index contributed by atoms with van der Waals surface area (Å²) in [7, 11) is 1.84. The smallest absolute Gasteiger partial charge is 0.209 e. The fourth-order valence-electron chi connectivity index (χ4n) is 1.39. The number of tetrazole rings is 1. The van der Waals surface area contributed by atoms with E-state index in [2.05, 4.69) is 61.0 Å². The minimum atomic E-state index is 0. The fraction of sp³-hybridized carbons (Fsp3) is 0.364. The zero-order valence-corrected chi connectivity index (χ0v) is 13.5. The van der Waals surface area contributed by atoms with Crippen LogP contribution in [0.25, 0.3) is 0 Å². The van der Waals surface area contributed by atoms with E-state index in [1.807, 2.05) is 7.05 Å². The van der Waals surface area contributed by atoms with E-state index in [0.29, 0.717) is 0 Å². The number of aryl methyl sites for hydroxylation is 1. The van der Waals surface area contributed by atoms with Gasteiger partial charge in [-0.1, -0.05) is 39.8 Å². The van der Waals surface area contributed by atoms with Crippen LogP contribution in [0.5, 0.6) is 0 Å². The molecule has 0 saturated heterocycles. The van der Waals surface area contributed by atoms with Crippen LogP contribution < -0.4 is 17.7 Å². The van der Waals surface area contributed by atoms with Gasteiger partial charge in [0.15, 0.2) is 0 Å². The Morgan fingerprint density at radius 2 is 2.05 bits per heavy atom. The molecule has 0 bridgehead atoms. The van der Waals surface area contributed by atoms with Gasteiger partial charge in [-0.25, -0.2) is 4.68 Å². The SMILES string of the molecule is Cn1nnnc1SCCNCc1ccc(Br)cc1.[Cl-]. The summed E-state index contributed by atoms with van der Waals surface area (Å²) in [5.41, 5.74) is 1.28. The Morgan fingerprint density at radius 3 is 2.68 bits per heavy atom. The van der Waals surface area contributed by atoms with Gasteiger partial charge in [0.1, 0.15) is 0 Å². The second-order valence-electron chi connectivity index (χ2n) is 3.74. The summed E-state index contributed by atoms with van der Waals surface area (Å²) in [5, 5.41) is 15.5. The molecule has 8 heteroatoms. The topological polar surface area (TPSA) is 55.6 Å². The van der Waals surface area contributed by atoms with Crippen molar-refractivity contribution < 1.29 is 12.4 Å². The van der Waals surface area contributed by atoms with E-state index in [1.54, 1.807) is 16.4 Å². The fourth-order valence-corrected chi connectivity index (χ4v) is 2.40. The summed E-state index contributed by atoms with van der Waals surface area (Å²) in [4.78, 5) is 0. The van der Waals surface area contributed by atoms with Crippen LogP contribution in [0.3, 0.4) is 0 Å². The van der Waals surface area contributed by atoms with Crippen LogP contribution in [-0.2, 0) is 13.6 Å². The highest BCUT2D eigenvalue weighted by Gasteiger charge is 2.01. The third-order valence-electron chi connectivity index (χ3n) is 2.33. The van der Waals surface area contributed by atoms with Gasteiger partial charge < -0.3 is 17.7 Å². The predicted molar refractivity (Wildman–Crippen MR) is 75.4 cm³/mol. The molecule has 0 fully saturated rings. The molecule has 2 rings (SSSR count). The molecule has 0 aliphatic heterocycles. The van der Waals surface area contributed by atoms with Crippen molar-refractivity contribution in [2.75, 3.05) is 12.3 Å². The van der Waals surface area contributed by atoms with E-state index in [4.69, 9.17) is 0 Å². The molecule has 0 atom stereocenters. The molecule has 0 unspecified atom stereocenters. The van der Waals surface area contributed by atoms with Gasteiger partial charge in [-0.15, -0.1) is 5.10 Å². The molecule has 1 aromatic heterocycles. The van der Waals surface area contributed by atoms with Crippen molar-refractivity contribution in [3.05, 3.63) is 34.3 Å². The van der Waals surface area contributed by atoms with E-state index in [9.17, 15) is 0 Å². The van der Waals surface area contributed by atoms with Gasteiger partial charge in [0.2, 0.25) is 5.16 Å². The largest absolute Gasteiger partial charge is 1.00 e. The summed E-state index contributed by atoms with van der Waals surface area (Å²) in [5.74, 6) is 0.949. The highest BCUT2D eigenvalue weighted by atomic mass is 79.9. The van der Waals surface area contributed by atoms with Crippen molar-refractivity contribution in [3.63, 3.8) is 0 Å². The molecular formula is C11H14BrClN5S-. The maximum absolute atomic E-state index is 3.91. The first-order valence-electron chi connectivity index (χ1n) is 5.56. The molecule has 0 saturated carbocycles. The van der Waals surface area contributed by atoms with Crippen LogP contribution in [-0.4, -0.2) is 32.5 Å². The average molecular weight is 364 g/mol. The van der Waals surface area contributed by atoms with E-state index in [0.717, 1.165) is 28.5 Å². The molecule has 0 aliphatic rings. The number of thioether (sulfide) groups is 1. The van der Waals surface area contributed by atoms with Crippen LogP contribution in [0.2, 0.25) is 0 Å². The molecule has 0 spiro atoms. The second-order valence-corrected chi connectivity index (χ2v) is 5.71. The van der Waals surface area contributed by atoms with E-state index in [-0.39, 0.29) is 12.4 Å². The maximum atomic E-state index is 3.91. The first-order chi connectivity index (χ1) is 8.75. The highest BCUT2D eigenvalue weighted by molar-refractivity contribution is 9.10.